The van der Waals surface area contributed by atoms with Crippen LogP contribution in [-0.2, 0) is 9.59 Å². The number of anilines is 1. The Hall–Kier alpha value is -3.51. The first-order valence-electron chi connectivity index (χ1n) is 11.6. The molecule has 0 radical (unpaired) electrons. The Morgan fingerprint density at radius 2 is 1.84 bits per heavy atom. The number of nitrogens with zero attached hydrogens (tertiary/aromatic N) is 1. The van der Waals surface area contributed by atoms with Crippen LogP contribution in [0.3, 0.4) is 0 Å². The molecule has 1 fully saturated rings. The van der Waals surface area contributed by atoms with Gasteiger partial charge in [-0.1, -0.05) is 49.4 Å². The van der Waals surface area contributed by atoms with E-state index in [1.807, 2.05) is 28.7 Å². The number of imide groups is 1. The molecule has 3 N–H and O–H groups in total. The second-order valence-electron chi connectivity index (χ2n) is 8.49. The number of carbonyl (C=O) groups excluding carboxylic acids is 3. The minimum Gasteiger partial charge on any atom is -0.491 e. The van der Waals surface area contributed by atoms with E-state index in [4.69, 9.17) is 9.84 Å². The van der Waals surface area contributed by atoms with E-state index in [0.29, 0.717) is 14.9 Å². The van der Waals surface area contributed by atoms with Crippen LogP contribution in [0.15, 0.2) is 72.8 Å². The summed E-state index contributed by atoms with van der Waals surface area (Å²) in [7, 11) is 0. The van der Waals surface area contributed by atoms with Gasteiger partial charge in [0.15, 0.2) is 0 Å². The fraction of sp³-hybridized carbons (Fsp3) is 0.222. The van der Waals surface area contributed by atoms with Gasteiger partial charge >= 0.3 is 6.03 Å². The van der Waals surface area contributed by atoms with Crippen LogP contribution < -0.4 is 15.4 Å². The van der Waals surface area contributed by atoms with E-state index in [1.54, 1.807) is 61.5 Å². The smallest absolute Gasteiger partial charge is 0.325 e. The first-order valence-corrected chi connectivity index (χ1v) is 12.7. The Labute approximate surface area is 227 Å². The monoisotopic (exact) mass is 617 g/mol. The molecule has 0 bridgehead atoms. The number of halogens is 2. The van der Waals surface area contributed by atoms with Gasteiger partial charge in [0.2, 0.25) is 5.91 Å². The summed E-state index contributed by atoms with van der Waals surface area (Å²) in [5.41, 5.74) is 1.20. The summed E-state index contributed by atoms with van der Waals surface area (Å²) in [5.74, 6) is -1.99. The van der Waals surface area contributed by atoms with Crippen molar-refractivity contribution in [1.29, 1.82) is 0 Å². The van der Waals surface area contributed by atoms with Gasteiger partial charge in [-0.05, 0) is 64.0 Å². The third-order valence-electron chi connectivity index (χ3n) is 6.08. The van der Waals surface area contributed by atoms with Crippen LogP contribution in [0.25, 0.3) is 0 Å². The highest BCUT2D eigenvalue weighted by Crippen LogP contribution is 2.32. The number of nitrogens with one attached hydrogen (secondary N) is 2. The van der Waals surface area contributed by atoms with Gasteiger partial charge in [-0.15, -0.1) is 0 Å². The maximum atomic E-state index is 14.5. The molecule has 8 nitrogen and oxygen atoms in total. The third-order valence-corrected chi connectivity index (χ3v) is 6.75. The zero-order chi connectivity index (χ0) is 26.5. The van der Waals surface area contributed by atoms with Crippen molar-refractivity contribution in [3.8, 4) is 5.75 Å². The number of rotatable bonds is 9. The van der Waals surface area contributed by atoms with Crippen molar-refractivity contribution in [2.24, 2.45) is 0 Å². The lowest BCUT2D eigenvalue weighted by Gasteiger charge is -2.30. The molecule has 4 amide bonds. The summed E-state index contributed by atoms with van der Waals surface area (Å²) in [6.45, 7) is 1.73. The quantitative estimate of drug-likeness (QED) is 0.247. The number of aliphatic hydroxyl groups is 1. The highest BCUT2D eigenvalue weighted by molar-refractivity contribution is 14.1. The van der Waals surface area contributed by atoms with Crippen LogP contribution in [0.1, 0.15) is 30.0 Å². The number of hydrogen-bond donors (Lipinski definition) is 3. The van der Waals surface area contributed by atoms with E-state index < -0.39 is 41.7 Å². The number of urea groups is 1. The molecule has 0 spiro atoms. The zero-order valence-corrected chi connectivity index (χ0v) is 22.0. The SMILES string of the molecule is C[C@@H](c1ccccc1)[C@@H](C(=O)Nc1ccc(I)cc1F)N1C(=O)N[C@@H](c2ccc(OCCO)cc2)C1=O. The molecular formula is C27H25FIN3O5. The average molecular weight is 617 g/mol. The molecule has 192 valence electrons. The summed E-state index contributed by atoms with van der Waals surface area (Å²) >= 11 is 1.96. The van der Waals surface area contributed by atoms with E-state index >= 15 is 0 Å². The van der Waals surface area contributed by atoms with E-state index in [-0.39, 0.29) is 18.9 Å². The van der Waals surface area contributed by atoms with Crippen molar-refractivity contribution in [3.63, 3.8) is 0 Å². The largest absolute Gasteiger partial charge is 0.491 e. The van der Waals surface area contributed by atoms with E-state index in [0.717, 1.165) is 10.5 Å². The first-order chi connectivity index (χ1) is 17.8. The molecule has 1 aliphatic rings. The lowest BCUT2D eigenvalue weighted by atomic mass is 9.91. The molecule has 3 atom stereocenters. The van der Waals surface area contributed by atoms with Crippen LogP contribution >= 0.6 is 22.6 Å². The summed E-state index contributed by atoms with van der Waals surface area (Å²) in [4.78, 5) is 41.1. The average Bonchev–Trinajstić information content (AvgIpc) is 3.19. The van der Waals surface area contributed by atoms with Gasteiger partial charge in [0, 0.05) is 9.49 Å². The second kappa shape index (κ2) is 11.7. The van der Waals surface area contributed by atoms with E-state index in [2.05, 4.69) is 10.6 Å². The molecule has 0 saturated carbocycles. The van der Waals surface area contributed by atoms with Crippen LogP contribution in [0.4, 0.5) is 14.9 Å². The van der Waals surface area contributed by atoms with Crippen LogP contribution in [-0.4, -0.2) is 47.1 Å². The first kappa shape index (κ1) is 26.6. The lowest BCUT2D eigenvalue weighted by molar-refractivity contribution is -0.134. The number of hydrogen-bond acceptors (Lipinski definition) is 5. The van der Waals surface area contributed by atoms with Gasteiger partial charge in [0.25, 0.3) is 5.91 Å². The van der Waals surface area contributed by atoms with Gasteiger partial charge in [0.1, 0.15) is 30.3 Å². The standard InChI is InChI=1S/C27H25FIN3O5/c1-16(17-5-3-2-4-6-17)24(25(34)30-22-12-9-19(29)15-21(22)28)32-26(35)23(31-27(32)36)18-7-10-20(11-8-18)37-14-13-33/h2-12,15-16,23-24,33H,13-14H2,1H3,(H,30,34)(H,31,36)/t16-,23-,24-/m0/s1. The second-order valence-corrected chi connectivity index (χ2v) is 9.74. The topological polar surface area (TPSA) is 108 Å². The number of amides is 4. The molecule has 10 heteroatoms. The summed E-state index contributed by atoms with van der Waals surface area (Å²) in [6, 6.07) is 16.9. The Kier molecular flexibility index (Phi) is 8.39. The maximum absolute atomic E-state index is 14.5. The highest BCUT2D eigenvalue weighted by Gasteiger charge is 2.47. The van der Waals surface area contributed by atoms with Crippen molar-refractivity contribution in [3.05, 3.63) is 93.3 Å². The van der Waals surface area contributed by atoms with Crippen molar-refractivity contribution < 1.29 is 28.6 Å². The minimum absolute atomic E-state index is 0.0438. The molecule has 3 aromatic rings. The molecular weight excluding hydrogens is 592 g/mol. The van der Waals surface area contributed by atoms with Gasteiger partial charge in [-0.25, -0.2) is 14.1 Å². The summed E-state index contributed by atoms with van der Waals surface area (Å²) < 4.78 is 20.5. The molecule has 1 heterocycles. The van der Waals surface area contributed by atoms with Crippen LogP contribution in [0.2, 0.25) is 0 Å². The van der Waals surface area contributed by atoms with Crippen LogP contribution in [0.5, 0.6) is 5.75 Å². The van der Waals surface area contributed by atoms with Gasteiger partial charge in [-0.3, -0.25) is 9.59 Å². The highest BCUT2D eigenvalue weighted by atomic mass is 127. The van der Waals surface area contributed by atoms with Gasteiger partial charge in [-0.2, -0.15) is 0 Å². The Morgan fingerprint density at radius 3 is 2.49 bits per heavy atom. The molecule has 0 aliphatic carbocycles. The molecule has 0 unspecified atom stereocenters. The van der Waals surface area contributed by atoms with Crippen molar-refractivity contribution in [1.82, 2.24) is 10.2 Å². The summed E-state index contributed by atoms with van der Waals surface area (Å²) in [5, 5.41) is 14.1. The Bertz CT molecular complexity index is 1290. The maximum Gasteiger partial charge on any atom is 0.325 e. The lowest BCUT2D eigenvalue weighted by Crippen LogP contribution is -2.50. The van der Waals surface area contributed by atoms with Crippen molar-refractivity contribution in [2.45, 2.75) is 24.9 Å². The van der Waals surface area contributed by atoms with E-state index in [1.165, 1.54) is 12.1 Å². The van der Waals surface area contributed by atoms with Crippen molar-refractivity contribution in [2.75, 3.05) is 18.5 Å². The fourth-order valence-electron chi connectivity index (χ4n) is 4.21. The number of ether oxygens (including phenoxy) is 1. The van der Waals surface area contributed by atoms with E-state index in [9.17, 15) is 18.8 Å². The minimum atomic E-state index is -1.24. The Balaban J connectivity index is 1.64. The predicted molar refractivity (Wildman–Crippen MR) is 144 cm³/mol. The molecule has 0 aromatic heterocycles. The summed E-state index contributed by atoms with van der Waals surface area (Å²) in [6.07, 6.45) is 0. The van der Waals surface area contributed by atoms with Gasteiger partial charge in [0.05, 0.1) is 12.3 Å². The molecule has 3 aromatic carbocycles. The number of carbonyl (C=O) groups is 3. The molecule has 1 aliphatic heterocycles. The predicted octanol–water partition coefficient (Wildman–Crippen LogP) is 4.21. The third kappa shape index (κ3) is 5.91. The number of benzene rings is 3. The molecule has 4 rings (SSSR count). The fourth-order valence-corrected chi connectivity index (χ4v) is 4.66. The van der Waals surface area contributed by atoms with Crippen molar-refractivity contribution >= 4 is 46.1 Å². The van der Waals surface area contributed by atoms with Crippen LogP contribution in [0, 0.1) is 9.39 Å². The zero-order valence-electron chi connectivity index (χ0n) is 19.9. The normalized spacial score (nSPS) is 16.8. The molecule has 1 saturated heterocycles. The Morgan fingerprint density at radius 1 is 1.14 bits per heavy atom. The van der Waals surface area contributed by atoms with Gasteiger partial charge < -0.3 is 20.5 Å². The number of aliphatic hydroxyl groups excluding tert-OH is 1. The molecule has 37 heavy (non-hydrogen) atoms.